The van der Waals surface area contributed by atoms with E-state index >= 15 is 0 Å². The minimum Gasteiger partial charge on any atom is -0.349 e. The summed E-state index contributed by atoms with van der Waals surface area (Å²) in [6.45, 7) is 4.12. The van der Waals surface area contributed by atoms with Crippen LogP contribution >= 0.6 is 11.6 Å². The van der Waals surface area contributed by atoms with E-state index in [-0.39, 0.29) is 17.8 Å². The minimum atomic E-state index is -0.133. The SMILES string of the molecule is CCCc1ccc([C@@H](C)NC(=O)CCl)cc1. The normalized spacial score (nSPS) is 12.2. The van der Waals surface area contributed by atoms with Crippen molar-refractivity contribution in [3.63, 3.8) is 0 Å². The van der Waals surface area contributed by atoms with Crippen molar-refractivity contribution in [2.45, 2.75) is 32.7 Å². The van der Waals surface area contributed by atoms with Gasteiger partial charge in [0.1, 0.15) is 5.88 Å². The molecule has 1 N–H and O–H groups in total. The maximum atomic E-state index is 11.1. The minimum absolute atomic E-state index is 0.0122. The van der Waals surface area contributed by atoms with E-state index < -0.39 is 0 Å². The van der Waals surface area contributed by atoms with E-state index in [1.165, 1.54) is 5.56 Å². The number of hydrogen-bond donors (Lipinski definition) is 1. The van der Waals surface area contributed by atoms with Crippen LogP contribution in [0, 0.1) is 0 Å². The van der Waals surface area contributed by atoms with Gasteiger partial charge in [-0.15, -0.1) is 11.6 Å². The molecule has 2 nitrogen and oxygen atoms in total. The molecule has 0 aliphatic carbocycles. The highest BCUT2D eigenvalue weighted by molar-refractivity contribution is 6.27. The zero-order valence-electron chi connectivity index (χ0n) is 9.79. The van der Waals surface area contributed by atoms with E-state index in [4.69, 9.17) is 11.6 Å². The average Bonchev–Trinajstić information content (AvgIpc) is 2.30. The molecule has 1 aromatic carbocycles. The number of alkyl halides is 1. The van der Waals surface area contributed by atoms with Gasteiger partial charge in [-0.05, 0) is 24.5 Å². The van der Waals surface area contributed by atoms with Crippen LogP contribution in [-0.2, 0) is 11.2 Å². The molecule has 0 aliphatic heterocycles. The number of aryl methyl sites for hydroxylation is 1. The number of hydrogen-bond acceptors (Lipinski definition) is 1. The Bertz CT molecular complexity index is 334. The Morgan fingerprint density at radius 2 is 2.00 bits per heavy atom. The Labute approximate surface area is 102 Å². The van der Waals surface area contributed by atoms with Gasteiger partial charge in [-0.3, -0.25) is 4.79 Å². The molecule has 0 bridgehead atoms. The van der Waals surface area contributed by atoms with Crippen molar-refractivity contribution in [3.8, 4) is 0 Å². The third kappa shape index (κ3) is 3.86. The molecule has 16 heavy (non-hydrogen) atoms. The number of benzene rings is 1. The van der Waals surface area contributed by atoms with Crippen LogP contribution in [0.1, 0.15) is 37.4 Å². The number of nitrogens with one attached hydrogen (secondary N) is 1. The molecule has 0 saturated heterocycles. The lowest BCUT2D eigenvalue weighted by Gasteiger charge is -2.13. The molecule has 0 aromatic heterocycles. The summed E-state index contributed by atoms with van der Waals surface area (Å²) in [5, 5.41) is 2.83. The molecule has 0 saturated carbocycles. The lowest BCUT2D eigenvalue weighted by atomic mass is 10.0. The van der Waals surface area contributed by atoms with Crippen molar-refractivity contribution < 1.29 is 4.79 Å². The van der Waals surface area contributed by atoms with Gasteiger partial charge in [-0.2, -0.15) is 0 Å². The number of carbonyl (C=O) groups excluding carboxylic acids is 1. The predicted octanol–water partition coefficient (Wildman–Crippen LogP) is 3.06. The van der Waals surface area contributed by atoms with E-state index in [9.17, 15) is 4.79 Å². The summed E-state index contributed by atoms with van der Waals surface area (Å²) >= 11 is 5.44. The van der Waals surface area contributed by atoms with Gasteiger partial charge in [0.05, 0.1) is 6.04 Å². The Kier molecular flexibility index (Phi) is 5.33. The van der Waals surface area contributed by atoms with Crippen LogP contribution in [0.5, 0.6) is 0 Å². The maximum absolute atomic E-state index is 11.1. The van der Waals surface area contributed by atoms with Gasteiger partial charge in [0, 0.05) is 0 Å². The first-order chi connectivity index (χ1) is 7.67. The number of amides is 1. The molecule has 1 atom stereocenters. The molecular weight excluding hydrogens is 222 g/mol. The average molecular weight is 240 g/mol. The largest absolute Gasteiger partial charge is 0.349 e. The molecule has 0 spiro atoms. The molecule has 1 aromatic rings. The van der Waals surface area contributed by atoms with E-state index in [1.54, 1.807) is 0 Å². The predicted molar refractivity (Wildman–Crippen MR) is 67.7 cm³/mol. The van der Waals surface area contributed by atoms with Crippen LogP contribution in [0.2, 0.25) is 0 Å². The Hall–Kier alpha value is -1.02. The van der Waals surface area contributed by atoms with Gasteiger partial charge in [0.15, 0.2) is 0 Å². The van der Waals surface area contributed by atoms with Gasteiger partial charge in [-0.25, -0.2) is 0 Å². The summed E-state index contributed by atoms with van der Waals surface area (Å²) < 4.78 is 0. The zero-order valence-corrected chi connectivity index (χ0v) is 10.6. The summed E-state index contributed by atoms with van der Waals surface area (Å²) in [6.07, 6.45) is 2.25. The molecule has 88 valence electrons. The van der Waals surface area contributed by atoms with Crippen molar-refractivity contribution in [2.24, 2.45) is 0 Å². The third-order valence-corrected chi connectivity index (χ3v) is 2.76. The van der Waals surface area contributed by atoms with Crippen LogP contribution in [0.4, 0.5) is 0 Å². The van der Waals surface area contributed by atoms with Crippen LogP contribution in [-0.4, -0.2) is 11.8 Å². The topological polar surface area (TPSA) is 29.1 Å². The van der Waals surface area contributed by atoms with Crippen molar-refractivity contribution in [1.82, 2.24) is 5.32 Å². The Morgan fingerprint density at radius 3 is 2.50 bits per heavy atom. The van der Waals surface area contributed by atoms with E-state index in [0.29, 0.717) is 0 Å². The smallest absolute Gasteiger partial charge is 0.235 e. The summed E-state index contributed by atoms with van der Waals surface area (Å²) in [6, 6.07) is 8.36. The number of carbonyl (C=O) groups is 1. The molecule has 1 amide bonds. The molecule has 0 aliphatic rings. The van der Waals surface area contributed by atoms with Crippen LogP contribution in [0.15, 0.2) is 24.3 Å². The van der Waals surface area contributed by atoms with Gasteiger partial charge >= 0.3 is 0 Å². The van der Waals surface area contributed by atoms with Crippen molar-refractivity contribution in [3.05, 3.63) is 35.4 Å². The van der Waals surface area contributed by atoms with Crippen LogP contribution in [0.25, 0.3) is 0 Å². The first-order valence-corrected chi connectivity index (χ1v) is 6.15. The van der Waals surface area contributed by atoms with Crippen molar-refractivity contribution in [1.29, 1.82) is 0 Å². The third-order valence-electron chi connectivity index (χ3n) is 2.52. The van der Waals surface area contributed by atoms with Crippen LogP contribution < -0.4 is 5.32 Å². The van der Waals surface area contributed by atoms with Gasteiger partial charge in [0.25, 0.3) is 0 Å². The van der Waals surface area contributed by atoms with E-state index in [1.807, 2.05) is 6.92 Å². The summed E-state index contributed by atoms with van der Waals surface area (Å²) in [5.74, 6) is -0.120. The molecule has 0 radical (unpaired) electrons. The summed E-state index contributed by atoms with van der Waals surface area (Å²) in [7, 11) is 0. The molecule has 1 rings (SSSR count). The monoisotopic (exact) mass is 239 g/mol. The highest BCUT2D eigenvalue weighted by atomic mass is 35.5. The van der Waals surface area contributed by atoms with Crippen molar-refractivity contribution in [2.75, 3.05) is 5.88 Å². The molecule has 3 heteroatoms. The van der Waals surface area contributed by atoms with Gasteiger partial charge in [-0.1, -0.05) is 37.6 Å². The zero-order chi connectivity index (χ0) is 12.0. The van der Waals surface area contributed by atoms with E-state index in [2.05, 4.69) is 36.5 Å². The second-order valence-electron chi connectivity index (χ2n) is 3.91. The van der Waals surface area contributed by atoms with Crippen molar-refractivity contribution >= 4 is 17.5 Å². The van der Waals surface area contributed by atoms with Crippen LogP contribution in [0.3, 0.4) is 0 Å². The highest BCUT2D eigenvalue weighted by Gasteiger charge is 2.07. The Morgan fingerprint density at radius 1 is 1.38 bits per heavy atom. The maximum Gasteiger partial charge on any atom is 0.235 e. The molecule has 0 unspecified atom stereocenters. The lowest BCUT2D eigenvalue weighted by Crippen LogP contribution is -2.27. The summed E-state index contributed by atoms with van der Waals surface area (Å²) in [4.78, 5) is 11.1. The number of halogens is 1. The van der Waals surface area contributed by atoms with Gasteiger partial charge < -0.3 is 5.32 Å². The molecule has 0 fully saturated rings. The second-order valence-corrected chi connectivity index (χ2v) is 4.18. The molecule has 0 heterocycles. The molecular formula is C13H18ClNO. The van der Waals surface area contributed by atoms with E-state index in [0.717, 1.165) is 18.4 Å². The lowest BCUT2D eigenvalue weighted by molar-refractivity contribution is -0.119. The number of rotatable bonds is 5. The first kappa shape index (κ1) is 13.0. The summed E-state index contributed by atoms with van der Waals surface area (Å²) in [5.41, 5.74) is 2.44. The fourth-order valence-electron chi connectivity index (χ4n) is 1.63. The fraction of sp³-hybridized carbons (Fsp3) is 0.462. The first-order valence-electron chi connectivity index (χ1n) is 5.61. The highest BCUT2D eigenvalue weighted by Crippen LogP contribution is 2.14. The Balaban J connectivity index is 2.62. The quantitative estimate of drug-likeness (QED) is 0.787. The second kappa shape index (κ2) is 6.54. The standard InChI is InChI=1S/C13H18ClNO/c1-3-4-11-5-7-12(8-6-11)10(2)15-13(16)9-14/h5-8,10H,3-4,9H2,1-2H3,(H,15,16)/t10-/m1/s1. The van der Waals surface area contributed by atoms with Gasteiger partial charge in [0.2, 0.25) is 5.91 Å². The fourth-order valence-corrected chi connectivity index (χ4v) is 1.70.